The largest absolute Gasteiger partial charge is 0.273 e. The van der Waals surface area contributed by atoms with Crippen molar-refractivity contribution in [2.24, 2.45) is 0 Å². The third-order valence-corrected chi connectivity index (χ3v) is 5.73. The van der Waals surface area contributed by atoms with E-state index in [0.29, 0.717) is 5.02 Å². The summed E-state index contributed by atoms with van der Waals surface area (Å²) < 4.78 is 0. The zero-order valence-electron chi connectivity index (χ0n) is 11.0. The summed E-state index contributed by atoms with van der Waals surface area (Å²) in [5.41, 5.74) is 0.963. The smallest absolute Gasteiger partial charge is 0.242 e. The fourth-order valence-electron chi connectivity index (χ4n) is 2.16. The predicted octanol–water partition coefficient (Wildman–Crippen LogP) is 4.27. The number of halogens is 1. The Morgan fingerprint density at radius 2 is 2.10 bits per heavy atom. The van der Waals surface area contributed by atoms with E-state index < -0.39 is 0 Å². The van der Waals surface area contributed by atoms with Crippen molar-refractivity contribution in [3.63, 3.8) is 0 Å². The minimum atomic E-state index is -0.100. The molecule has 1 saturated heterocycles. The molecular formula is C14H13ClN2OS2. The number of anilines is 1. The second kappa shape index (κ2) is 5.39. The van der Waals surface area contributed by atoms with Gasteiger partial charge in [-0.1, -0.05) is 29.8 Å². The van der Waals surface area contributed by atoms with Gasteiger partial charge in [0.15, 0.2) is 5.13 Å². The fourth-order valence-corrected chi connectivity index (χ4v) is 4.62. The average Bonchev–Trinajstić information content (AvgIpc) is 2.95. The summed E-state index contributed by atoms with van der Waals surface area (Å²) in [6.45, 7) is 3.92. The highest BCUT2D eigenvalue weighted by Gasteiger charge is 2.41. The molecule has 3 rings (SSSR count). The van der Waals surface area contributed by atoms with Crippen LogP contribution in [0.25, 0.3) is 0 Å². The van der Waals surface area contributed by atoms with Crippen LogP contribution < -0.4 is 4.90 Å². The molecule has 1 aromatic carbocycles. The van der Waals surface area contributed by atoms with Crippen molar-refractivity contribution in [1.82, 2.24) is 4.98 Å². The van der Waals surface area contributed by atoms with Gasteiger partial charge in [0, 0.05) is 21.7 Å². The van der Waals surface area contributed by atoms with Crippen LogP contribution in [0.4, 0.5) is 5.13 Å². The summed E-state index contributed by atoms with van der Waals surface area (Å²) in [5.74, 6) is 0.0919. The van der Waals surface area contributed by atoms with E-state index in [4.69, 9.17) is 11.6 Å². The lowest BCUT2D eigenvalue weighted by Crippen LogP contribution is -2.30. The zero-order valence-corrected chi connectivity index (χ0v) is 13.4. The van der Waals surface area contributed by atoms with Crippen LogP contribution in [0.1, 0.15) is 22.7 Å². The van der Waals surface area contributed by atoms with Crippen molar-refractivity contribution in [3.05, 3.63) is 45.9 Å². The SMILES string of the molecule is Cc1cnc(N2C(=O)C(C)SC2c2ccccc2Cl)s1. The highest BCUT2D eigenvalue weighted by Crippen LogP contribution is 2.47. The van der Waals surface area contributed by atoms with Crippen LogP contribution in [0.3, 0.4) is 0 Å². The van der Waals surface area contributed by atoms with Gasteiger partial charge in [0.25, 0.3) is 0 Å². The molecule has 6 heteroatoms. The first-order valence-corrected chi connectivity index (χ1v) is 8.37. The van der Waals surface area contributed by atoms with Gasteiger partial charge < -0.3 is 0 Å². The van der Waals surface area contributed by atoms with Gasteiger partial charge in [-0.05, 0) is 19.9 Å². The molecule has 2 heterocycles. The van der Waals surface area contributed by atoms with Gasteiger partial charge >= 0.3 is 0 Å². The fraction of sp³-hybridized carbons (Fsp3) is 0.286. The molecule has 2 unspecified atom stereocenters. The van der Waals surface area contributed by atoms with Crippen molar-refractivity contribution in [1.29, 1.82) is 0 Å². The first-order chi connectivity index (χ1) is 9.58. The molecule has 104 valence electrons. The standard InChI is InChI=1S/C14H13ClN2OS2/c1-8-7-16-14(19-8)17-12(18)9(2)20-13(17)10-5-3-4-6-11(10)15/h3-7,9,13H,1-2H3. The lowest BCUT2D eigenvalue weighted by Gasteiger charge is -2.22. The van der Waals surface area contributed by atoms with Crippen LogP contribution in [0.15, 0.2) is 30.5 Å². The minimum absolute atomic E-state index is 0.0829. The quantitative estimate of drug-likeness (QED) is 0.827. The van der Waals surface area contributed by atoms with Crippen molar-refractivity contribution in [2.75, 3.05) is 4.90 Å². The second-order valence-electron chi connectivity index (χ2n) is 4.61. The number of aromatic nitrogens is 1. The van der Waals surface area contributed by atoms with Crippen LogP contribution in [-0.2, 0) is 4.79 Å². The first-order valence-electron chi connectivity index (χ1n) is 6.23. The summed E-state index contributed by atoms with van der Waals surface area (Å²) in [5, 5.41) is 1.25. The third kappa shape index (κ3) is 2.34. The Hall–Kier alpha value is -1.04. The van der Waals surface area contributed by atoms with Gasteiger partial charge in [0.2, 0.25) is 5.91 Å². The van der Waals surface area contributed by atoms with Crippen molar-refractivity contribution in [2.45, 2.75) is 24.5 Å². The lowest BCUT2D eigenvalue weighted by molar-refractivity contribution is -0.117. The molecule has 1 fully saturated rings. The molecule has 0 bridgehead atoms. The molecule has 20 heavy (non-hydrogen) atoms. The molecule has 1 aliphatic heterocycles. The summed E-state index contributed by atoms with van der Waals surface area (Å²) in [6, 6.07) is 7.67. The molecule has 1 amide bonds. The minimum Gasteiger partial charge on any atom is -0.273 e. The molecule has 3 nitrogen and oxygen atoms in total. The van der Waals surface area contributed by atoms with E-state index in [1.807, 2.05) is 38.1 Å². The number of benzene rings is 1. The van der Waals surface area contributed by atoms with Gasteiger partial charge in [-0.2, -0.15) is 0 Å². The third-order valence-electron chi connectivity index (χ3n) is 3.14. The molecule has 1 aliphatic rings. The number of thiazole rings is 1. The highest BCUT2D eigenvalue weighted by molar-refractivity contribution is 8.01. The number of amides is 1. The van der Waals surface area contributed by atoms with Crippen molar-refractivity contribution < 1.29 is 4.79 Å². The number of thioether (sulfide) groups is 1. The van der Waals surface area contributed by atoms with Crippen molar-refractivity contribution in [3.8, 4) is 0 Å². The number of hydrogen-bond donors (Lipinski definition) is 0. The lowest BCUT2D eigenvalue weighted by atomic mass is 10.2. The molecule has 0 aliphatic carbocycles. The van der Waals surface area contributed by atoms with Crippen LogP contribution in [-0.4, -0.2) is 16.1 Å². The first kappa shape index (κ1) is 13.9. The van der Waals surface area contributed by atoms with Crippen LogP contribution in [0.2, 0.25) is 5.02 Å². The maximum Gasteiger partial charge on any atom is 0.242 e. The predicted molar refractivity (Wildman–Crippen MR) is 85.6 cm³/mol. The average molecular weight is 325 g/mol. The number of hydrogen-bond acceptors (Lipinski definition) is 4. The molecule has 0 spiro atoms. The maximum absolute atomic E-state index is 12.4. The van der Waals surface area contributed by atoms with Crippen LogP contribution in [0, 0.1) is 6.92 Å². The molecule has 2 atom stereocenters. The molecule has 0 radical (unpaired) electrons. The van der Waals surface area contributed by atoms with Gasteiger partial charge in [-0.15, -0.1) is 23.1 Å². The van der Waals surface area contributed by atoms with E-state index >= 15 is 0 Å². The van der Waals surface area contributed by atoms with Crippen LogP contribution in [0.5, 0.6) is 0 Å². The summed E-state index contributed by atoms with van der Waals surface area (Å²) >= 11 is 9.43. The highest BCUT2D eigenvalue weighted by atomic mass is 35.5. The van der Waals surface area contributed by atoms with E-state index in [2.05, 4.69) is 4.98 Å². The molecule has 0 saturated carbocycles. The maximum atomic E-state index is 12.4. The topological polar surface area (TPSA) is 33.2 Å². The second-order valence-corrected chi connectivity index (χ2v) is 7.66. The Balaban J connectivity index is 2.05. The summed E-state index contributed by atoms with van der Waals surface area (Å²) in [7, 11) is 0. The van der Waals surface area contributed by atoms with E-state index in [1.54, 1.807) is 22.9 Å². The Morgan fingerprint density at radius 3 is 2.75 bits per heavy atom. The van der Waals surface area contributed by atoms with E-state index in [1.165, 1.54) is 11.3 Å². The van der Waals surface area contributed by atoms with Crippen molar-refractivity contribution >= 4 is 45.7 Å². The number of rotatable bonds is 2. The number of aryl methyl sites for hydroxylation is 1. The Labute approximate surface area is 131 Å². The Kier molecular flexibility index (Phi) is 3.75. The normalized spacial score (nSPS) is 22.6. The van der Waals surface area contributed by atoms with Gasteiger partial charge in [-0.3, -0.25) is 9.69 Å². The molecule has 1 aromatic heterocycles. The number of carbonyl (C=O) groups is 1. The van der Waals surface area contributed by atoms with E-state index in [0.717, 1.165) is 15.6 Å². The van der Waals surface area contributed by atoms with Gasteiger partial charge in [-0.25, -0.2) is 4.98 Å². The zero-order chi connectivity index (χ0) is 14.3. The molecular weight excluding hydrogens is 312 g/mol. The molecule has 2 aromatic rings. The van der Waals surface area contributed by atoms with Gasteiger partial charge in [0.05, 0.1) is 5.25 Å². The monoisotopic (exact) mass is 324 g/mol. The van der Waals surface area contributed by atoms with Gasteiger partial charge in [0.1, 0.15) is 5.37 Å². The number of carbonyl (C=O) groups excluding carboxylic acids is 1. The Bertz CT molecular complexity index is 658. The van der Waals surface area contributed by atoms with Crippen LogP contribution >= 0.6 is 34.7 Å². The van der Waals surface area contributed by atoms with E-state index in [-0.39, 0.29) is 16.5 Å². The summed E-state index contributed by atoms with van der Waals surface area (Å²) in [4.78, 5) is 19.7. The number of nitrogens with zero attached hydrogens (tertiary/aromatic N) is 2. The van der Waals surface area contributed by atoms with E-state index in [9.17, 15) is 4.79 Å². The molecule has 0 N–H and O–H groups in total. The Morgan fingerprint density at radius 1 is 1.35 bits per heavy atom. The summed E-state index contributed by atoms with van der Waals surface area (Å²) in [6.07, 6.45) is 1.80.